The van der Waals surface area contributed by atoms with Crippen molar-refractivity contribution in [2.75, 3.05) is 18.5 Å². The second-order valence-electron chi connectivity index (χ2n) is 5.57. The van der Waals surface area contributed by atoms with Gasteiger partial charge in [-0.3, -0.25) is 4.79 Å². The third-order valence-electron chi connectivity index (χ3n) is 3.75. The molecule has 0 amide bonds. The van der Waals surface area contributed by atoms with Gasteiger partial charge < -0.3 is 10.1 Å². The van der Waals surface area contributed by atoms with E-state index in [1.54, 1.807) is 41.9 Å². The predicted molar refractivity (Wildman–Crippen MR) is 100 cm³/mol. The molecule has 3 aromatic rings. The van der Waals surface area contributed by atoms with Crippen LogP contribution in [0.4, 0.5) is 10.2 Å². The summed E-state index contributed by atoms with van der Waals surface area (Å²) in [5.74, 6) is 0.110. The Hall–Kier alpha value is -2.48. The number of nitrogens with one attached hydrogen (secondary N) is 1. The van der Waals surface area contributed by atoms with E-state index in [0.29, 0.717) is 53.2 Å². The van der Waals surface area contributed by atoms with Gasteiger partial charge in [0.1, 0.15) is 11.6 Å². The van der Waals surface area contributed by atoms with Gasteiger partial charge in [0.2, 0.25) is 0 Å². The molecule has 1 N–H and O–H groups in total. The van der Waals surface area contributed by atoms with Gasteiger partial charge in [0.25, 0.3) is 0 Å². The lowest BCUT2D eigenvalue weighted by Crippen LogP contribution is -2.11. The Morgan fingerprint density at radius 2 is 2.19 bits per heavy atom. The quantitative estimate of drug-likeness (QED) is 0.461. The third-order valence-corrected chi connectivity index (χ3v) is 4.31. The zero-order valence-electron chi connectivity index (χ0n) is 14.2. The summed E-state index contributed by atoms with van der Waals surface area (Å²) >= 11 is 3.42. The van der Waals surface area contributed by atoms with E-state index in [4.69, 9.17) is 4.74 Å². The topological polar surface area (TPSA) is 68.5 Å². The molecule has 0 aliphatic carbocycles. The summed E-state index contributed by atoms with van der Waals surface area (Å²) in [5.41, 5.74) is 1.50. The maximum atomic E-state index is 14.2. The lowest BCUT2D eigenvalue weighted by molar-refractivity contribution is -0.143. The van der Waals surface area contributed by atoms with E-state index >= 15 is 0 Å². The molecule has 26 heavy (non-hydrogen) atoms. The summed E-state index contributed by atoms with van der Waals surface area (Å²) in [4.78, 5) is 15.9. The Morgan fingerprint density at radius 1 is 1.38 bits per heavy atom. The molecule has 0 fully saturated rings. The lowest BCUT2D eigenvalue weighted by Gasteiger charge is -2.11. The van der Waals surface area contributed by atoms with Crippen molar-refractivity contribution in [2.45, 2.75) is 19.8 Å². The summed E-state index contributed by atoms with van der Waals surface area (Å²) in [5, 5.41) is 7.52. The first kappa shape index (κ1) is 18.3. The first-order valence-electron chi connectivity index (χ1n) is 8.29. The van der Waals surface area contributed by atoms with Crippen molar-refractivity contribution in [3.05, 3.63) is 46.8 Å². The summed E-state index contributed by atoms with van der Waals surface area (Å²) in [6.45, 7) is 2.71. The lowest BCUT2D eigenvalue weighted by atomic mass is 10.1. The molecule has 6 nitrogen and oxygen atoms in total. The molecule has 0 aliphatic heterocycles. The van der Waals surface area contributed by atoms with Crippen LogP contribution in [-0.2, 0) is 9.53 Å². The molecule has 8 heteroatoms. The number of nitrogens with zero attached hydrogens (tertiary/aromatic N) is 3. The van der Waals surface area contributed by atoms with Crippen LogP contribution in [0.3, 0.4) is 0 Å². The van der Waals surface area contributed by atoms with E-state index in [-0.39, 0.29) is 11.8 Å². The van der Waals surface area contributed by atoms with E-state index in [0.717, 1.165) is 0 Å². The monoisotopic (exact) mass is 420 g/mol. The van der Waals surface area contributed by atoms with Gasteiger partial charge in [0.15, 0.2) is 5.65 Å². The smallest absolute Gasteiger partial charge is 0.305 e. The molecule has 3 rings (SSSR count). The Balaban J connectivity index is 1.85. The highest BCUT2D eigenvalue weighted by molar-refractivity contribution is 9.10. The van der Waals surface area contributed by atoms with Crippen molar-refractivity contribution < 1.29 is 13.9 Å². The summed E-state index contributed by atoms with van der Waals surface area (Å²) in [6, 6.07) is 8.24. The number of rotatable bonds is 7. The molecule has 0 aliphatic rings. The summed E-state index contributed by atoms with van der Waals surface area (Å²) in [6.07, 6.45) is 2.58. The van der Waals surface area contributed by atoms with E-state index in [1.807, 2.05) is 0 Å². The molecule has 136 valence electrons. The second kappa shape index (κ2) is 8.27. The van der Waals surface area contributed by atoms with Gasteiger partial charge in [-0.25, -0.2) is 9.37 Å². The number of hydrogen-bond acceptors (Lipinski definition) is 5. The zero-order chi connectivity index (χ0) is 18.5. The molecular formula is C18H18BrFN4O2. The van der Waals surface area contributed by atoms with Gasteiger partial charge in [-0.15, -0.1) is 0 Å². The second-order valence-corrected chi connectivity index (χ2v) is 6.42. The van der Waals surface area contributed by atoms with Crippen LogP contribution in [0.15, 0.2) is 41.0 Å². The molecule has 0 saturated carbocycles. The number of hydrogen-bond donors (Lipinski definition) is 1. The van der Waals surface area contributed by atoms with Gasteiger partial charge in [0.05, 0.1) is 23.0 Å². The standard InChI is InChI=1S/C18H18BrFN4O2/c1-2-26-17(25)8-5-9-21-16-10-15(12-6-3-4-7-14(12)20)23-18-13(19)11-22-24(16)18/h3-4,6-7,10-11,21H,2,5,8-9H2,1H3. The average molecular weight is 421 g/mol. The summed E-state index contributed by atoms with van der Waals surface area (Å²) < 4.78 is 21.4. The molecule has 0 radical (unpaired) electrons. The number of benzene rings is 1. The van der Waals surface area contributed by atoms with E-state index in [2.05, 4.69) is 31.3 Å². The van der Waals surface area contributed by atoms with Gasteiger partial charge in [0, 0.05) is 24.6 Å². The normalized spacial score (nSPS) is 10.9. The Labute approximate surface area is 158 Å². The third kappa shape index (κ3) is 4.01. The van der Waals surface area contributed by atoms with E-state index in [1.165, 1.54) is 6.07 Å². The molecule has 0 unspecified atom stereocenters. The van der Waals surface area contributed by atoms with Crippen LogP contribution < -0.4 is 5.32 Å². The van der Waals surface area contributed by atoms with Crippen molar-refractivity contribution in [3.8, 4) is 11.3 Å². The van der Waals surface area contributed by atoms with Crippen molar-refractivity contribution in [1.29, 1.82) is 0 Å². The van der Waals surface area contributed by atoms with Crippen molar-refractivity contribution in [3.63, 3.8) is 0 Å². The highest BCUT2D eigenvalue weighted by atomic mass is 79.9. The molecule has 0 bridgehead atoms. The van der Waals surface area contributed by atoms with Crippen LogP contribution in [0, 0.1) is 5.82 Å². The van der Waals surface area contributed by atoms with Crippen LogP contribution in [-0.4, -0.2) is 33.7 Å². The number of anilines is 1. The van der Waals surface area contributed by atoms with Gasteiger partial charge in [-0.1, -0.05) is 12.1 Å². The predicted octanol–water partition coefficient (Wildman–Crippen LogP) is 4.05. The number of esters is 1. The molecule has 2 aromatic heterocycles. The van der Waals surface area contributed by atoms with Crippen LogP contribution in [0.5, 0.6) is 0 Å². The SMILES string of the molecule is CCOC(=O)CCCNc1cc(-c2ccccc2F)nc2c(Br)cnn12. The van der Waals surface area contributed by atoms with Crippen LogP contribution >= 0.6 is 15.9 Å². The number of halogens is 2. The van der Waals surface area contributed by atoms with Crippen LogP contribution in [0.2, 0.25) is 0 Å². The first-order valence-corrected chi connectivity index (χ1v) is 9.08. The van der Waals surface area contributed by atoms with Crippen molar-refractivity contribution in [1.82, 2.24) is 14.6 Å². The Bertz CT molecular complexity index is 929. The van der Waals surface area contributed by atoms with Crippen molar-refractivity contribution in [2.24, 2.45) is 0 Å². The minimum Gasteiger partial charge on any atom is -0.466 e. The fourth-order valence-electron chi connectivity index (χ4n) is 2.55. The van der Waals surface area contributed by atoms with Crippen LogP contribution in [0.1, 0.15) is 19.8 Å². The first-order chi connectivity index (χ1) is 12.6. The fourth-order valence-corrected chi connectivity index (χ4v) is 2.90. The van der Waals surface area contributed by atoms with Crippen LogP contribution in [0.25, 0.3) is 16.9 Å². The largest absolute Gasteiger partial charge is 0.466 e. The maximum Gasteiger partial charge on any atom is 0.305 e. The molecule has 0 spiro atoms. The highest BCUT2D eigenvalue weighted by Gasteiger charge is 2.13. The van der Waals surface area contributed by atoms with E-state index in [9.17, 15) is 9.18 Å². The number of ether oxygens (including phenoxy) is 1. The minimum atomic E-state index is -0.340. The maximum absolute atomic E-state index is 14.2. The zero-order valence-corrected chi connectivity index (χ0v) is 15.8. The molecule has 1 aromatic carbocycles. The minimum absolute atomic E-state index is 0.219. The van der Waals surface area contributed by atoms with Gasteiger partial charge in [-0.2, -0.15) is 9.61 Å². The van der Waals surface area contributed by atoms with Gasteiger partial charge in [-0.05, 0) is 41.4 Å². The Kier molecular flexibility index (Phi) is 5.82. The van der Waals surface area contributed by atoms with Gasteiger partial charge >= 0.3 is 5.97 Å². The number of aromatic nitrogens is 3. The summed E-state index contributed by atoms with van der Waals surface area (Å²) in [7, 11) is 0. The molecular weight excluding hydrogens is 403 g/mol. The number of fused-ring (bicyclic) bond motifs is 1. The fraction of sp³-hybridized carbons (Fsp3) is 0.278. The molecule has 2 heterocycles. The average Bonchev–Trinajstić information content (AvgIpc) is 3.00. The highest BCUT2D eigenvalue weighted by Crippen LogP contribution is 2.27. The number of carbonyl (C=O) groups is 1. The molecule has 0 saturated heterocycles. The Morgan fingerprint density at radius 3 is 2.96 bits per heavy atom. The number of carbonyl (C=O) groups excluding carboxylic acids is 1. The molecule has 0 atom stereocenters. The van der Waals surface area contributed by atoms with Crippen molar-refractivity contribution >= 4 is 33.4 Å². The van der Waals surface area contributed by atoms with E-state index < -0.39 is 0 Å².